The quantitative estimate of drug-likeness (QED) is 0.824. The fourth-order valence-electron chi connectivity index (χ4n) is 1.98. The molecule has 1 fully saturated rings. The lowest BCUT2D eigenvalue weighted by Crippen LogP contribution is -2.37. The molecule has 96 valence electrons. The minimum Gasteiger partial charge on any atom is -0.464 e. The predicted octanol–water partition coefficient (Wildman–Crippen LogP) is 1.68. The largest absolute Gasteiger partial charge is 0.464 e. The van der Waals surface area contributed by atoms with Crippen molar-refractivity contribution < 1.29 is 14.3 Å². The molecule has 0 aromatic heterocycles. The Morgan fingerprint density at radius 2 is 2.11 bits per heavy atom. The minimum atomic E-state index is -0.493. The van der Waals surface area contributed by atoms with Crippen LogP contribution in [0, 0.1) is 0 Å². The molecule has 4 nitrogen and oxygen atoms in total. The van der Waals surface area contributed by atoms with Crippen LogP contribution in [0.2, 0.25) is 0 Å². The zero-order chi connectivity index (χ0) is 13.0. The third-order valence-electron chi connectivity index (χ3n) is 3.00. The second-order valence-electron chi connectivity index (χ2n) is 4.43. The highest BCUT2D eigenvalue weighted by atomic mass is 16.5. The van der Waals surface area contributed by atoms with Crippen molar-refractivity contribution in [1.29, 1.82) is 0 Å². The van der Waals surface area contributed by atoms with Crippen LogP contribution in [0.15, 0.2) is 24.3 Å². The first-order chi connectivity index (χ1) is 8.70. The number of ether oxygens (including phenoxy) is 1. The number of cyclic esters (lactones) is 1. The summed E-state index contributed by atoms with van der Waals surface area (Å²) >= 11 is 0. The number of carbonyl (C=O) groups excluding carboxylic acids is 2. The number of esters is 1. The van der Waals surface area contributed by atoms with Crippen molar-refractivity contribution in [3.8, 4) is 0 Å². The molecule has 4 heteroatoms. The molecule has 0 radical (unpaired) electrons. The lowest BCUT2D eigenvalue weighted by molar-refractivity contribution is -0.139. The Balaban J connectivity index is 1.98. The van der Waals surface area contributed by atoms with Gasteiger partial charge in [-0.1, -0.05) is 25.5 Å². The smallest absolute Gasteiger partial charge is 0.328 e. The molecule has 1 aliphatic heterocycles. The Bertz CT molecular complexity index is 439. The van der Waals surface area contributed by atoms with E-state index in [-0.39, 0.29) is 11.9 Å². The normalized spacial score (nSPS) is 18.5. The van der Waals surface area contributed by atoms with Crippen LogP contribution in [-0.2, 0) is 16.0 Å². The summed E-state index contributed by atoms with van der Waals surface area (Å²) in [7, 11) is 0. The highest BCUT2D eigenvalue weighted by Gasteiger charge is 2.28. The van der Waals surface area contributed by atoms with E-state index in [1.165, 1.54) is 5.56 Å². The van der Waals surface area contributed by atoms with Crippen LogP contribution in [0.1, 0.15) is 35.7 Å². The van der Waals surface area contributed by atoms with Gasteiger partial charge in [0.2, 0.25) is 0 Å². The fraction of sp³-hybridized carbons (Fsp3) is 0.429. The zero-order valence-corrected chi connectivity index (χ0v) is 10.4. The number of aryl methyl sites for hydroxylation is 1. The van der Waals surface area contributed by atoms with Crippen molar-refractivity contribution in [2.24, 2.45) is 0 Å². The first kappa shape index (κ1) is 12.6. The standard InChI is InChI=1S/C14H17NO3/c1-2-3-10-4-6-11(7-5-10)13(16)15-12-8-9-18-14(12)17/h4-7,12H,2-3,8-9H2,1H3,(H,15,16). The van der Waals surface area contributed by atoms with Crippen LogP contribution in [0.4, 0.5) is 0 Å². The van der Waals surface area contributed by atoms with Crippen LogP contribution in [0.25, 0.3) is 0 Å². The number of hydrogen-bond acceptors (Lipinski definition) is 3. The van der Waals surface area contributed by atoms with E-state index in [1.807, 2.05) is 12.1 Å². The van der Waals surface area contributed by atoms with Crippen molar-refractivity contribution in [1.82, 2.24) is 5.32 Å². The van der Waals surface area contributed by atoms with Gasteiger partial charge in [-0.3, -0.25) is 4.79 Å². The molecule has 18 heavy (non-hydrogen) atoms. The van der Waals surface area contributed by atoms with Crippen molar-refractivity contribution in [3.63, 3.8) is 0 Å². The minimum absolute atomic E-state index is 0.220. The van der Waals surface area contributed by atoms with Gasteiger partial charge in [0.05, 0.1) is 6.61 Å². The first-order valence-electron chi connectivity index (χ1n) is 6.27. The predicted molar refractivity (Wildman–Crippen MR) is 67.3 cm³/mol. The van der Waals surface area contributed by atoms with Gasteiger partial charge in [0, 0.05) is 12.0 Å². The third kappa shape index (κ3) is 2.88. The molecule has 0 bridgehead atoms. The molecule has 0 saturated carbocycles. The lowest BCUT2D eigenvalue weighted by atomic mass is 10.1. The Hall–Kier alpha value is -1.84. The van der Waals surface area contributed by atoms with E-state index >= 15 is 0 Å². The highest BCUT2D eigenvalue weighted by molar-refractivity contribution is 5.97. The summed E-state index contributed by atoms with van der Waals surface area (Å²) in [5.74, 6) is -0.562. The number of benzene rings is 1. The molecule has 1 aromatic carbocycles. The Morgan fingerprint density at radius 3 is 2.67 bits per heavy atom. The van der Waals surface area contributed by atoms with Gasteiger partial charge in [-0.15, -0.1) is 0 Å². The highest BCUT2D eigenvalue weighted by Crippen LogP contribution is 2.09. The lowest BCUT2D eigenvalue weighted by Gasteiger charge is -2.09. The Morgan fingerprint density at radius 1 is 1.39 bits per heavy atom. The summed E-state index contributed by atoms with van der Waals surface area (Å²) in [6.07, 6.45) is 2.65. The van der Waals surface area contributed by atoms with Crippen molar-refractivity contribution in [2.45, 2.75) is 32.2 Å². The Labute approximate surface area is 106 Å². The summed E-state index contributed by atoms with van der Waals surface area (Å²) in [4.78, 5) is 23.1. The fourth-order valence-corrected chi connectivity index (χ4v) is 1.98. The van der Waals surface area contributed by atoms with Gasteiger partial charge in [-0.05, 0) is 24.1 Å². The number of rotatable bonds is 4. The zero-order valence-electron chi connectivity index (χ0n) is 10.4. The number of amides is 1. The average molecular weight is 247 g/mol. The second-order valence-corrected chi connectivity index (χ2v) is 4.43. The van der Waals surface area contributed by atoms with E-state index in [1.54, 1.807) is 12.1 Å². The maximum atomic E-state index is 11.9. The molecule has 1 unspecified atom stereocenters. The van der Waals surface area contributed by atoms with Gasteiger partial charge < -0.3 is 10.1 Å². The SMILES string of the molecule is CCCc1ccc(C(=O)NC2CCOC2=O)cc1. The van der Waals surface area contributed by atoms with E-state index in [0.717, 1.165) is 12.8 Å². The van der Waals surface area contributed by atoms with E-state index in [2.05, 4.69) is 12.2 Å². The maximum absolute atomic E-state index is 11.9. The van der Waals surface area contributed by atoms with Crippen molar-refractivity contribution in [2.75, 3.05) is 6.61 Å². The molecular weight excluding hydrogens is 230 g/mol. The van der Waals surface area contributed by atoms with E-state index < -0.39 is 6.04 Å². The van der Waals surface area contributed by atoms with E-state index in [0.29, 0.717) is 18.6 Å². The molecule has 1 aliphatic rings. The number of carbonyl (C=O) groups is 2. The van der Waals surface area contributed by atoms with Crippen LogP contribution < -0.4 is 5.32 Å². The molecule has 1 atom stereocenters. The molecular formula is C14H17NO3. The summed E-state index contributed by atoms with van der Waals surface area (Å²) < 4.78 is 4.80. The monoisotopic (exact) mass is 247 g/mol. The van der Waals surface area contributed by atoms with Crippen LogP contribution in [-0.4, -0.2) is 24.5 Å². The molecule has 1 aromatic rings. The summed E-state index contributed by atoms with van der Waals surface area (Å²) in [5.41, 5.74) is 1.80. The molecule has 2 rings (SSSR count). The van der Waals surface area contributed by atoms with Crippen molar-refractivity contribution in [3.05, 3.63) is 35.4 Å². The van der Waals surface area contributed by atoms with Crippen LogP contribution >= 0.6 is 0 Å². The van der Waals surface area contributed by atoms with Gasteiger partial charge >= 0.3 is 5.97 Å². The number of hydrogen-bond donors (Lipinski definition) is 1. The van der Waals surface area contributed by atoms with Gasteiger partial charge in [-0.25, -0.2) is 4.79 Å². The van der Waals surface area contributed by atoms with Crippen LogP contribution in [0.3, 0.4) is 0 Å². The van der Waals surface area contributed by atoms with E-state index in [9.17, 15) is 9.59 Å². The van der Waals surface area contributed by atoms with E-state index in [4.69, 9.17) is 4.74 Å². The summed E-state index contributed by atoms with van der Waals surface area (Å²) in [5, 5.41) is 2.68. The first-order valence-corrected chi connectivity index (χ1v) is 6.27. The summed E-state index contributed by atoms with van der Waals surface area (Å²) in [6, 6.07) is 6.99. The van der Waals surface area contributed by atoms with Gasteiger partial charge in [0.25, 0.3) is 5.91 Å². The average Bonchev–Trinajstić information content (AvgIpc) is 2.76. The molecule has 1 N–H and O–H groups in total. The maximum Gasteiger partial charge on any atom is 0.328 e. The van der Waals surface area contributed by atoms with Gasteiger partial charge in [0.15, 0.2) is 0 Å². The second kappa shape index (κ2) is 5.67. The molecule has 1 heterocycles. The molecule has 1 amide bonds. The van der Waals surface area contributed by atoms with Gasteiger partial charge in [-0.2, -0.15) is 0 Å². The van der Waals surface area contributed by atoms with Crippen molar-refractivity contribution >= 4 is 11.9 Å². The topological polar surface area (TPSA) is 55.4 Å². The molecule has 0 spiro atoms. The third-order valence-corrected chi connectivity index (χ3v) is 3.00. The molecule has 1 saturated heterocycles. The van der Waals surface area contributed by atoms with Crippen LogP contribution in [0.5, 0.6) is 0 Å². The number of nitrogens with one attached hydrogen (secondary N) is 1. The van der Waals surface area contributed by atoms with Gasteiger partial charge in [0.1, 0.15) is 6.04 Å². The molecule has 0 aliphatic carbocycles. The summed E-state index contributed by atoms with van der Waals surface area (Å²) in [6.45, 7) is 2.51. The Kier molecular flexibility index (Phi) is 3.97.